The fourth-order valence-electron chi connectivity index (χ4n) is 2.67. The van der Waals surface area contributed by atoms with Crippen molar-refractivity contribution in [1.82, 2.24) is 4.98 Å². The minimum Gasteiger partial charge on any atom is -0.398 e. The van der Waals surface area contributed by atoms with Crippen LogP contribution in [0.3, 0.4) is 0 Å². The minimum absolute atomic E-state index is 0.390. The fourth-order valence-corrected chi connectivity index (χ4v) is 2.98. The Kier molecular flexibility index (Phi) is 3.37. The largest absolute Gasteiger partial charge is 0.398 e. The minimum atomic E-state index is 0.390. The number of aromatic nitrogens is 1. The highest BCUT2D eigenvalue weighted by Gasteiger charge is 2.16. The summed E-state index contributed by atoms with van der Waals surface area (Å²) in [6.45, 7) is 10.5. The predicted molar refractivity (Wildman–Crippen MR) is 82.2 cm³/mol. The van der Waals surface area contributed by atoms with Crippen LogP contribution in [-0.2, 0) is 0 Å². The van der Waals surface area contributed by atoms with E-state index in [9.17, 15) is 0 Å². The third kappa shape index (κ3) is 1.91. The van der Waals surface area contributed by atoms with Gasteiger partial charge in [0.15, 0.2) is 0 Å². The molecule has 0 fully saturated rings. The van der Waals surface area contributed by atoms with Crippen LogP contribution in [0.2, 0.25) is 0 Å². The second-order valence-corrected chi connectivity index (χ2v) is 6.00. The van der Waals surface area contributed by atoms with E-state index in [1.54, 1.807) is 0 Å². The van der Waals surface area contributed by atoms with E-state index < -0.39 is 0 Å². The molecule has 2 rings (SSSR count). The topological polar surface area (TPSA) is 38.9 Å². The highest BCUT2D eigenvalue weighted by Crippen LogP contribution is 2.36. The maximum absolute atomic E-state index is 6.38. The zero-order valence-corrected chi connectivity index (χ0v) is 13.1. The van der Waals surface area contributed by atoms with Crippen molar-refractivity contribution in [3.8, 4) is 0 Å². The first kappa shape index (κ1) is 13.3. The van der Waals surface area contributed by atoms with Gasteiger partial charge in [0.25, 0.3) is 0 Å². The molecule has 3 heteroatoms. The monoisotopic (exact) mass is 306 g/mol. The molecule has 0 bridgehead atoms. The lowest BCUT2D eigenvalue weighted by atomic mass is 9.94. The van der Waals surface area contributed by atoms with Crippen molar-refractivity contribution < 1.29 is 0 Å². The van der Waals surface area contributed by atoms with E-state index in [4.69, 9.17) is 10.7 Å². The molecule has 0 unspecified atom stereocenters. The third-order valence-electron chi connectivity index (χ3n) is 3.47. The SMILES string of the molecule is Cc1cc2nc(C)c(C(C)C)c(N)c2c(C)c1Br. The van der Waals surface area contributed by atoms with E-state index >= 15 is 0 Å². The van der Waals surface area contributed by atoms with Gasteiger partial charge in [-0.05, 0) is 49.4 Å². The van der Waals surface area contributed by atoms with E-state index in [2.05, 4.69) is 49.7 Å². The second kappa shape index (κ2) is 4.54. The number of anilines is 1. The van der Waals surface area contributed by atoms with Crippen molar-refractivity contribution in [2.45, 2.75) is 40.5 Å². The summed E-state index contributed by atoms with van der Waals surface area (Å²) in [5.74, 6) is 0.390. The van der Waals surface area contributed by atoms with E-state index in [0.29, 0.717) is 5.92 Å². The lowest BCUT2D eigenvalue weighted by molar-refractivity contribution is 0.851. The summed E-state index contributed by atoms with van der Waals surface area (Å²) >= 11 is 3.63. The Hall–Kier alpha value is -1.09. The summed E-state index contributed by atoms with van der Waals surface area (Å²) in [7, 11) is 0. The Morgan fingerprint density at radius 1 is 1.22 bits per heavy atom. The van der Waals surface area contributed by atoms with Gasteiger partial charge in [-0.25, -0.2) is 0 Å². The quantitative estimate of drug-likeness (QED) is 0.834. The standard InChI is InChI=1S/C15H19BrN2/c1-7(2)12-10(5)18-11-6-8(3)14(16)9(4)13(11)15(12)17/h6-7H,1-5H3,(H2,17,18). The molecule has 0 radical (unpaired) electrons. The molecule has 0 spiro atoms. The predicted octanol–water partition coefficient (Wildman–Crippen LogP) is 4.63. The number of hydrogen-bond acceptors (Lipinski definition) is 2. The van der Waals surface area contributed by atoms with Gasteiger partial charge in [-0.2, -0.15) is 0 Å². The molecule has 2 N–H and O–H groups in total. The van der Waals surface area contributed by atoms with Crippen LogP contribution < -0.4 is 5.73 Å². The molecule has 0 atom stereocenters. The van der Waals surface area contributed by atoms with Crippen molar-refractivity contribution >= 4 is 32.5 Å². The molecule has 0 saturated carbocycles. The van der Waals surface area contributed by atoms with Crippen molar-refractivity contribution in [3.63, 3.8) is 0 Å². The number of benzene rings is 1. The Bertz CT molecular complexity index is 630. The lowest BCUT2D eigenvalue weighted by Gasteiger charge is -2.17. The Morgan fingerprint density at radius 2 is 1.83 bits per heavy atom. The van der Waals surface area contributed by atoms with Crippen molar-refractivity contribution in [3.05, 3.63) is 32.9 Å². The van der Waals surface area contributed by atoms with Crippen molar-refractivity contribution in [2.75, 3.05) is 5.73 Å². The van der Waals surface area contributed by atoms with Gasteiger partial charge in [0.2, 0.25) is 0 Å². The third-order valence-corrected chi connectivity index (χ3v) is 4.69. The van der Waals surface area contributed by atoms with Crippen molar-refractivity contribution in [1.29, 1.82) is 0 Å². The summed E-state index contributed by atoms with van der Waals surface area (Å²) in [5, 5.41) is 1.08. The average Bonchev–Trinajstić information content (AvgIpc) is 2.24. The number of fused-ring (bicyclic) bond motifs is 1. The van der Waals surface area contributed by atoms with Crippen LogP contribution in [0, 0.1) is 20.8 Å². The Morgan fingerprint density at radius 3 is 2.39 bits per heavy atom. The summed E-state index contributed by atoms with van der Waals surface area (Å²) in [5.41, 5.74) is 12.8. The molecule has 96 valence electrons. The molecule has 0 aliphatic heterocycles. The average molecular weight is 307 g/mol. The van der Waals surface area contributed by atoms with Crippen LogP contribution in [-0.4, -0.2) is 4.98 Å². The van der Waals surface area contributed by atoms with Crippen LogP contribution in [0.15, 0.2) is 10.5 Å². The highest BCUT2D eigenvalue weighted by molar-refractivity contribution is 9.10. The van der Waals surface area contributed by atoms with Gasteiger partial charge in [0.05, 0.1) is 5.52 Å². The summed E-state index contributed by atoms with van der Waals surface area (Å²) in [4.78, 5) is 4.72. The maximum Gasteiger partial charge on any atom is 0.0732 e. The Balaban J connectivity index is 2.97. The van der Waals surface area contributed by atoms with Crippen LogP contribution in [0.5, 0.6) is 0 Å². The number of nitrogens with two attached hydrogens (primary N) is 1. The molecular formula is C15H19BrN2. The van der Waals surface area contributed by atoms with E-state index in [1.165, 1.54) is 16.7 Å². The van der Waals surface area contributed by atoms with Gasteiger partial charge in [-0.3, -0.25) is 4.98 Å². The summed E-state index contributed by atoms with van der Waals surface area (Å²) in [6.07, 6.45) is 0. The molecule has 1 aromatic carbocycles. The smallest absolute Gasteiger partial charge is 0.0732 e. The number of aryl methyl sites for hydroxylation is 3. The second-order valence-electron chi connectivity index (χ2n) is 5.21. The maximum atomic E-state index is 6.38. The number of nitrogens with zero attached hydrogens (tertiary/aromatic N) is 1. The van der Waals surface area contributed by atoms with Gasteiger partial charge in [0, 0.05) is 21.2 Å². The number of hydrogen-bond donors (Lipinski definition) is 1. The highest BCUT2D eigenvalue weighted by atomic mass is 79.9. The zero-order valence-electron chi connectivity index (χ0n) is 11.6. The van der Waals surface area contributed by atoms with Crippen LogP contribution >= 0.6 is 15.9 Å². The zero-order chi connectivity index (χ0) is 13.6. The normalized spacial score (nSPS) is 11.5. The number of pyridine rings is 1. The molecule has 0 aliphatic carbocycles. The molecule has 0 saturated heterocycles. The molecule has 2 nitrogen and oxygen atoms in total. The first-order valence-electron chi connectivity index (χ1n) is 6.20. The first-order valence-corrected chi connectivity index (χ1v) is 6.99. The van der Waals surface area contributed by atoms with Gasteiger partial charge < -0.3 is 5.73 Å². The molecular weight excluding hydrogens is 288 g/mol. The summed E-state index contributed by atoms with van der Waals surface area (Å²) < 4.78 is 1.13. The van der Waals surface area contributed by atoms with E-state index in [-0.39, 0.29) is 0 Å². The summed E-state index contributed by atoms with van der Waals surface area (Å²) in [6, 6.07) is 2.10. The fraction of sp³-hybridized carbons (Fsp3) is 0.400. The molecule has 0 amide bonds. The van der Waals surface area contributed by atoms with Gasteiger partial charge in [0.1, 0.15) is 0 Å². The van der Waals surface area contributed by atoms with Gasteiger partial charge in [-0.1, -0.05) is 29.8 Å². The van der Waals surface area contributed by atoms with Crippen LogP contribution in [0.1, 0.15) is 42.1 Å². The molecule has 0 aliphatic rings. The van der Waals surface area contributed by atoms with Gasteiger partial charge >= 0.3 is 0 Å². The first-order chi connectivity index (χ1) is 8.34. The van der Waals surface area contributed by atoms with Gasteiger partial charge in [-0.15, -0.1) is 0 Å². The molecule has 1 aromatic heterocycles. The Labute approximate surface area is 117 Å². The van der Waals surface area contributed by atoms with Crippen LogP contribution in [0.25, 0.3) is 10.9 Å². The van der Waals surface area contributed by atoms with Crippen LogP contribution in [0.4, 0.5) is 5.69 Å². The molecule has 18 heavy (non-hydrogen) atoms. The van der Waals surface area contributed by atoms with Crippen molar-refractivity contribution in [2.24, 2.45) is 0 Å². The van der Waals surface area contributed by atoms with E-state index in [0.717, 1.165) is 26.8 Å². The number of halogens is 1. The molecule has 2 aromatic rings. The number of rotatable bonds is 1. The van der Waals surface area contributed by atoms with E-state index in [1.807, 2.05) is 6.92 Å². The molecule has 1 heterocycles. The number of nitrogen functional groups attached to an aromatic ring is 1. The lowest BCUT2D eigenvalue weighted by Crippen LogP contribution is -2.05.